The van der Waals surface area contributed by atoms with Crippen molar-refractivity contribution in [2.75, 3.05) is 0 Å². The number of hydrogen-bond donors (Lipinski definition) is 0. The molecule has 2 nitrogen and oxygen atoms in total. The van der Waals surface area contributed by atoms with Gasteiger partial charge in [0.05, 0.1) is 11.2 Å². The van der Waals surface area contributed by atoms with Crippen molar-refractivity contribution in [3.05, 3.63) is 77.9 Å². The third-order valence-electron chi connectivity index (χ3n) is 5.33. The number of rotatable bonds is 3. The standard InChI is InChI=1S/C26H23NO/c1-16(2)12-18-15-24(27-23-10-6-4-8-19(18)23)22-14-17(3)13-21-20-9-5-7-11-25(20)28-26(21)22/h4-11,13-16H,12H2,1-3H3. The number of fused-ring (bicyclic) bond motifs is 4. The number of aromatic nitrogens is 1. The van der Waals surface area contributed by atoms with Crippen molar-refractivity contribution in [2.24, 2.45) is 5.92 Å². The second-order valence-corrected chi connectivity index (χ2v) is 8.07. The predicted molar refractivity (Wildman–Crippen MR) is 118 cm³/mol. The molecule has 0 saturated carbocycles. The average molecular weight is 365 g/mol. The summed E-state index contributed by atoms with van der Waals surface area (Å²) in [6.07, 6.45) is 1.03. The number of benzene rings is 3. The number of furan rings is 1. The van der Waals surface area contributed by atoms with E-state index < -0.39 is 0 Å². The molecule has 28 heavy (non-hydrogen) atoms. The first kappa shape index (κ1) is 17.0. The molecule has 2 heterocycles. The largest absolute Gasteiger partial charge is 0.455 e. The fourth-order valence-corrected chi connectivity index (χ4v) is 4.16. The Kier molecular flexibility index (Phi) is 3.94. The van der Waals surface area contributed by atoms with Gasteiger partial charge in [-0.3, -0.25) is 0 Å². The molecule has 2 aromatic heterocycles. The number of nitrogens with zero attached hydrogens (tertiary/aromatic N) is 1. The second kappa shape index (κ2) is 6.49. The van der Waals surface area contributed by atoms with Gasteiger partial charge in [0.15, 0.2) is 0 Å². The predicted octanol–water partition coefficient (Wildman–Crippen LogP) is 7.31. The van der Waals surface area contributed by atoms with Crippen LogP contribution in [0.15, 0.2) is 71.1 Å². The normalized spacial score (nSPS) is 11.9. The van der Waals surface area contributed by atoms with E-state index in [1.807, 2.05) is 12.1 Å². The van der Waals surface area contributed by atoms with E-state index in [0.29, 0.717) is 5.92 Å². The van der Waals surface area contributed by atoms with E-state index in [-0.39, 0.29) is 0 Å². The lowest BCUT2D eigenvalue weighted by Crippen LogP contribution is -1.98. The maximum absolute atomic E-state index is 6.29. The first-order valence-corrected chi connectivity index (χ1v) is 9.91. The smallest absolute Gasteiger partial charge is 0.144 e. The minimum absolute atomic E-state index is 0.586. The van der Waals surface area contributed by atoms with Crippen LogP contribution in [0.2, 0.25) is 0 Å². The van der Waals surface area contributed by atoms with Crippen molar-refractivity contribution in [1.82, 2.24) is 4.98 Å². The summed E-state index contributed by atoms with van der Waals surface area (Å²) in [4.78, 5) is 5.01. The molecule has 5 rings (SSSR count). The molecule has 3 aromatic carbocycles. The van der Waals surface area contributed by atoms with Crippen molar-refractivity contribution in [2.45, 2.75) is 27.2 Å². The van der Waals surface area contributed by atoms with Crippen LogP contribution < -0.4 is 0 Å². The van der Waals surface area contributed by atoms with Crippen molar-refractivity contribution < 1.29 is 4.42 Å². The molecule has 0 aliphatic carbocycles. The van der Waals surface area contributed by atoms with Gasteiger partial charge in [0.1, 0.15) is 11.2 Å². The molecule has 0 saturated heterocycles. The van der Waals surface area contributed by atoms with E-state index in [0.717, 1.165) is 45.1 Å². The molecule has 0 radical (unpaired) electrons. The van der Waals surface area contributed by atoms with Crippen molar-refractivity contribution in [3.8, 4) is 11.3 Å². The minimum atomic E-state index is 0.586. The molecule has 5 aromatic rings. The summed E-state index contributed by atoms with van der Waals surface area (Å²) in [5.41, 5.74) is 7.51. The molecule has 0 aliphatic heterocycles. The first-order chi connectivity index (χ1) is 13.6. The topological polar surface area (TPSA) is 26.0 Å². The minimum Gasteiger partial charge on any atom is -0.455 e. The number of hydrogen-bond acceptors (Lipinski definition) is 2. The molecule has 0 spiro atoms. The third-order valence-corrected chi connectivity index (χ3v) is 5.33. The zero-order valence-corrected chi connectivity index (χ0v) is 16.5. The summed E-state index contributed by atoms with van der Waals surface area (Å²) in [6.45, 7) is 6.67. The summed E-state index contributed by atoms with van der Waals surface area (Å²) in [6, 6.07) is 23.3. The third kappa shape index (κ3) is 2.77. The zero-order valence-electron chi connectivity index (χ0n) is 16.5. The van der Waals surface area contributed by atoms with Gasteiger partial charge in [0, 0.05) is 21.7 Å². The van der Waals surface area contributed by atoms with E-state index in [9.17, 15) is 0 Å². The molecular formula is C26H23NO. The number of pyridine rings is 1. The molecule has 0 amide bonds. The maximum atomic E-state index is 6.29. The van der Waals surface area contributed by atoms with Gasteiger partial charge in [-0.25, -0.2) is 4.98 Å². The lowest BCUT2D eigenvalue weighted by atomic mass is 9.96. The molecule has 0 bridgehead atoms. The van der Waals surface area contributed by atoms with Gasteiger partial charge in [0.25, 0.3) is 0 Å². The second-order valence-electron chi connectivity index (χ2n) is 8.07. The van der Waals surface area contributed by atoms with Crippen molar-refractivity contribution in [3.63, 3.8) is 0 Å². The van der Waals surface area contributed by atoms with Crippen LogP contribution in [0, 0.1) is 12.8 Å². The van der Waals surface area contributed by atoms with Gasteiger partial charge in [-0.1, -0.05) is 50.2 Å². The highest BCUT2D eigenvalue weighted by Crippen LogP contribution is 2.37. The Hall–Kier alpha value is -3.13. The van der Waals surface area contributed by atoms with Crippen LogP contribution in [0.3, 0.4) is 0 Å². The summed E-state index contributed by atoms with van der Waals surface area (Å²) >= 11 is 0. The van der Waals surface area contributed by atoms with Crippen LogP contribution in [-0.2, 0) is 6.42 Å². The summed E-state index contributed by atoms with van der Waals surface area (Å²) in [5.74, 6) is 0.586. The van der Waals surface area contributed by atoms with Crippen LogP contribution in [0.1, 0.15) is 25.0 Å². The van der Waals surface area contributed by atoms with Gasteiger partial charge >= 0.3 is 0 Å². The van der Waals surface area contributed by atoms with E-state index in [1.54, 1.807) is 0 Å². The molecule has 0 aliphatic rings. The maximum Gasteiger partial charge on any atom is 0.144 e. The summed E-state index contributed by atoms with van der Waals surface area (Å²) < 4.78 is 6.29. The molecule has 0 atom stereocenters. The Bertz CT molecular complexity index is 1330. The quantitative estimate of drug-likeness (QED) is 0.335. The SMILES string of the molecule is Cc1cc(-c2cc(CC(C)C)c3ccccc3n2)c2oc3ccccc3c2c1. The molecule has 138 valence electrons. The Balaban J connectivity index is 1.83. The molecular weight excluding hydrogens is 342 g/mol. The van der Waals surface area contributed by atoms with Crippen LogP contribution in [0.25, 0.3) is 44.1 Å². The van der Waals surface area contributed by atoms with Crippen molar-refractivity contribution in [1.29, 1.82) is 0 Å². The lowest BCUT2D eigenvalue weighted by Gasteiger charge is -2.12. The lowest BCUT2D eigenvalue weighted by molar-refractivity contribution is 0.650. The Morgan fingerprint density at radius 1 is 0.857 bits per heavy atom. The van der Waals surface area contributed by atoms with E-state index >= 15 is 0 Å². The van der Waals surface area contributed by atoms with Crippen molar-refractivity contribution >= 4 is 32.8 Å². The molecule has 0 fully saturated rings. The fourth-order valence-electron chi connectivity index (χ4n) is 4.16. The Morgan fingerprint density at radius 2 is 1.61 bits per heavy atom. The van der Waals surface area contributed by atoms with Gasteiger partial charge in [0.2, 0.25) is 0 Å². The van der Waals surface area contributed by atoms with E-state index in [4.69, 9.17) is 9.40 Å². The van der Waals surface area contributed by atoms with Crippen LogP contribution in [0.5, 0.6) is 0 Å². The van der Waals surface area contributed by atoms with Gasteiger partial charge in [-0.05, 0) is 60.7 Å². The molecule has 0 N–H and O–H groups in total. The average Bonchev–Trinajstić information content (AvgIpc) is 3.05. The van der Waals surface area contributed by atoms with Crippen LogP contribution >= 0.6 is 0 Å². The number of para-hydroxylation sites is 2. The molecule has 2 heteroatoms. The van der Waals surface area contributed by atoms with E-state index in [1.165, 1.54) is 16.5 Å². The highest BCUT2D eigenvalue weighted by atomic mass is 16.3. The monoisotopic (exact) mass is 365 g/mol. The Morgan fingerprint density at radius 3 is 2.43 bits per heavy atom. The molecule has 0 unspecified atom stereocenters. The van der Waals surface area contributed by atoms with Gasteiger partial charge in [-0.15, -0.1) is 0 Å². The summed E-state index contributed by atoms with van der Waals surface area (Å²) in [5, 5.41) is 3.56. The highest BCUT2D eigenvalue weighted by Gasteiger charge is 2.16. The summed E-state index contributed by atoms with van der Waals surface area (Å²) in [7, 11) is 0. The van der Waals surface area contributed by atoms with Crippen LogP contribution in [0.4, 0.5) is 0 Å². The van der Waals surface area contributed by atoms with Gasteiger partial charge < -0.3 is 4.42 Å². The Labute approximate surface area is 164 Å². The van der Waals surface area contributed by atoms with Crippen LogP contribution in [-0.4, -0.2) is 4.98 Å². The first-order valence-electron chi connectivity index (χ1n) is 9.91. The zero-order chi connectivity index (χ0) is 19.3. The van der Waals surface area contributed by atoms with E-state index in [2.05, 4.69) is 75.4 Å². The fraction of sp³-hybridized carbons (Fsp3) is 0.192. The highest BCUT2D eigenvalue weighted by molar-refractivity contribution is 6.09. The van der Waals surface area contributed by atoms with Gasteiger partial charge in [-0.2, -0.15) is 0 Å². The number of aryl methyl sites for hydroxylation is 1.